The van der Waals surface area contributed by atoms with Crippen LogP contribution < -0.4 is 10.5 Å². The van der Waals surface area contributed by atoms with E-state index in [1.807, 2.05) is 4.90 Å². The number of ether oxygens (including phenoxy) is 3. The van der Waals surface area contributed by atoms with Crippen molar-refractivity contribution >= 4 is 11.9 Å². The molecule has 3 fully saturated rings. The smallest absolute Gasteiger partial charge is 0.309 e. The fraction of sp³-hybridized carbons (Fsp3) is 0.706. The minimum absolute atomic E-state index is 0.105. The fourth-order valence-corrected chi connectivity index (χ4v) is 3.78. The number of anilines is 1. The molecule has 0 radical (unpaired) electrons. The molecule has 1 N–H and O–H groups in total. The second kappa shape index (κ2) is 6.98. The van der Waals surface area contributed by atoms with Crippen LogP contribution in [-0.4, -0.2) is 65.2 Å². The molecule has 4 atom stereocenters. The largest absolute Gasteiger partial charge is 0.466 e. The molecule has 3 saturated heterocycles. The number of esters is 1. The van der Waals surface area contributed by atoms with Crippen LogP contribution in [0.3, 0.4) is 0 Å². The molecule has 0 aromatic carbocycles. The lowest BCUT2D eigenvalue weighted by atomic mass is 9.97. The zero-order chi connectivity index (χ0) is 18.3. The van der Waals surface area contributed by atoms with Gasteiger partial charge >= 0.3 is 5.97 Å². The number of hydrogen-bond donors (Lipinski definition) is 1. The Hall–Kier alpha value is -1.97. The standard InChI is InChI=1S/C17H23N3O6/c1-2-24-16(23)10-3-6-19(7-4-10)17-18-12(22)5-8-20(17)15-14-13(26-14)11(9-21)25-15/h5,8,10-11,13-15,21H,2-4,6-7,9H2,1H3/t11-,13+,14+,15-/m1/s1. The summed E-state index contributed by atoms with van der Waals surface area (Å²) < 4.78 is 18.3. The van der Waals surface area contributed by atoms with Gasteiger partial charge in [0.2, 0.25) is 5.95 Å². The molecule has 0 spiro atoms. The predicted molar refractivity (Wildman–Crippen MR) is 89.7 cm³/mol. The van der Waals surface area contributed by atoms with Crippen LogP contribution in [0, 0.1) is 5.92 Å². The predicted octanol–water partition coefficient (Wildman–Crippen LogP) is -0.320. The van der Waals surface area contributed by atoms with E-state index in [0.717, 1.165) is 0 Å². The molecule has 0 bridgehead atoms. The van der Waals surface area contributed by atoms with E-state index in [2.05, 4.69) is 4.98 Å². The first-order valence-electron chi connectivity index (χ1n) is 9.05. The summed E-state index contributed by atoms with van der Waals surface area (Å²) in [6, 6.07) is 1.39. The quantitative estimate of drug-likeness (QED) is 0.559. The Bertz CT molecular complexity index is 729. The monoisotopic (exact) mass is 365 g/mol. The van der Waals surface area contributed by atoms with Crippen LogP contribution in [0.4, 0.5) is 5.95 Å². The summed E-state index contributed by atoms with van der Waals surface area (Å²) in [5.74, 6) is 0.232. The number of epoxide rings is 1. The molecule has 0 saturated carbocycles. The van der Waals surface area contributed by atoms with Crippen molar-refractivity contribution in [3.05, 3.63) is 22.6 Å². The van der Waals surface area contributed by atoms with Gasteiger partial charge in [-0.3, -0.25) is 14.2 Å². The SMILES string of the molecule is CCOC(=O)C1CCN(c2nc(=O)ccn2[C@@H]2O[C@H](CO)[C@@H]3O[C@@H]32)CC1. The zero-order valence-corrected chi connectivity index (χ0v) is 14.6. The number of nitrogens with zero attached hydrogens (tertiary/aromatic N) is 3. The Morgan fingerprint density at radius 2 is 2.12 bits per heavy atom. The second-order valence-corrected chi connectivity index (χ2v) is 6.80. The van der Waals surface area contributed by atoms with E-state index in [9.17, 15) is 14.7 Å². The molecule has 26 heavy (non-hydrogen) atoms. The van der Waals surface area contributed by atoms with Crippen LogP contribution in [0.25, 0.3) is 0 Å². The van der Waals surface area contributed by atoms with Gasteiger partial charge in [-0.05, 0) is 19.8 Å². The molecule has 1 aromatic rings. The van der Waals surface area contributed by atoms with Crippen LogP contribution >= 0.6 is 0 Å². The lowest BCUT2D eigenvalue weighted by Crippen LogP contribution is -2.40. The summed E-state index contributed by atoms with van der Waals surface area (Å²) in [5.41, 5.74) is -0.325. The molecule has 3 aliphatic heterocycles. The topological polar surface area (TPSA) is 106 Å². The molecule has 1 aromatic heterocycles. The minimum atomic E-state index is -0.414. The van der Waals surface area contributed by atoms with Crippen LogP contribution in [0.2, 0.25) is 0 Å². The van der Waals surface area contributed by atoms with Crippen LogP contribution in [0.15, 0.2) is 17.1 Å². The maximum atomic E-state index is 11.9. The summed E-state index contributed by atoms with van der Waals surface area (Å²) in [6.07, 6.45) is 1.95. The summed E-state index contributed by atoms with van der Waals surface area (Å²) in [6.45, 7) is 3.28. The van der Waals surface area contributed by atoms with Crippen molar-refractivity contribution in [1.29, 1.82) is 0 Å². The average Bonchev–Trinajstić information content (AvgIpc) is 3.37. The normalized spacial score (nSPS) is 30.9. The van der Waals surface area contributed by atoms with Gasteiger partial charge in [0.15, 0.2) is 6.23 Å². The highest BCUT2D eigenvalue weighted by Crippen LogP contribution is 2.45. The van der Waals surface area contributed by atoms with E-state index in [-0.39, 0.29) is 42.4 Å². The zero-order valence-electron chi connectivity index (χ0n) is 14.6. The van der Waals surface area contributed by atoms with Crippen molar-refractivity contribution in [2.45, 2.75) is 44.3 Å². The summed E-state index contributed by atoms with van der Waals surface area (Å²) in [5, 5.41) is 9.38. The number of carbonyl (C=O) groups excluding carboxylic acids is 1. The minimum Gasteiger partial charge on any atom is -0.466 e. The van der Waals surface area contributed by atoms with E-state index < -0.39 is 6.23 Å². The fourth-order valence-electron chi connectivity index (χ4n) is 3.78. The van der Waals surface area contributed by atoms with Gasteiger partial charge in [0.25, 0.3) is 5.56 Å². The molecule has 0 unspecified atom stereocenters. The van der Waals surface area contributed by atoms with Gasteiger partial charge in [-0.2, -0.15) is 4.98 Å². The number of piperidine rings is 1. The first-order chi connectivity index (χ1) is 12.6. The Kier molecular flexibility index (Phi) is 4.68. The van der Waals surface area contributed by atoms with Gasteiger partial charge in [-0.25, -0.2) is 0 Å². The van der Waals surface area contributed by atoms with Crippen molar-refractivity contribution < 1.29 is 24.1 Å². The van der Waals surface area contributed by atoms with Crippen molar-refractivity contribution in [2.75, 3.05) is 31.2 Å². The number of carbonyl (C=O) groups is 1. The van der Waals surface area contributed by atoms with Crippen molar-refractivity contribution in [1.82, 2.24) is 9.55 Å². The number of fused-ring (bicyclic) bond motifs is 1. The Morgan fingerprint density at radius 1 is 1.35 bits per heavy atom. The molecule has 4 heterocycles. The van der Waals surface area contributed by atoms with Gasteiger partial charge in [0.1, 0.15) is 18.3 Å². The number of rotatable bonds is 5. The summed E-state index contributed by atoms with van der Waals surface area (Å²) in [7, 11) is 0. The lowest BCUT2D eigenvalue weighted by molar-refractivity contribution is -0.148. The van der Waals surface area contributed by atoms with E-state index in [1.165, 1.54) is 6.07 Å². The Morgan fingerprint density at radius 3 is 2.77 bits per heavy atom. The Balaban J connectivity index is 1.52. The highest BCUT2D eigenvalue weighted by atomic mass is 16.7. The van der Waals surface area contributed by atoms with E-state index in [0.29, 0.717) is 38.5 Å². The van der Waals surface area contributed by atoms with Gasteiger partial charge in [0.05, 0.1) is 19.1 Å². The molecular weight excluding hydrogens is 342 g/mol. The highest BCUT2D eigenvalue weighted by Gasteiger charge is 2.59. The van der Waals surface area contributed by atoms with Crippen LogP contribution in [0.1, 0.15) is 26.0 Å². The van der Waals surface area contributed by atoms with Crippen LogP contribution in [-0.2, 0) is 19.0 Å². The number of aliphatic hydroxyl groups excluding tert-OH is 1. The third-order valence-electron chi connectivity index (χ3n) is 5.19. The summed E-state index contributed by atoms with van der Waals surface area (Å²) in [4.78, 5) is 29.9. The average molecular weight is 365 g/mol. The van der Waals surface area contributed by atoms with Gasteiger partial charge in [0, 0.05) is 25.4 Å². The van der Waals surface area contributed by atoms with Gasteiger partial charge in [-0.1, -0.05) is 0 Å². The number of aliphatic hydroxyl groups is 1. The first kappa shape index (κ1) is 17.4. The molecule has 142 valence electrons. The van der Waals surface area contributed by atoms with E-state index in [4.69, 9.17) is 14.2 Å². The molecule has 0 amide bonds. The molecular formula is C17H23N3O6. The van der Waals surface area contributed by atoms with Gasteiger partial charge < -0.3 is 24.2 Å². The van der Waals surface area contributed by atoms with Crippen LogP contribution in [0.5, 0.6) is 0 Å². The maximum Gasteiger partial charge on any atom is 0.309 e. The van der Waals surface area contributed by atoms with E-state index >= 15 is 0 Å². The number of hydrogen-bond acceptors (Lipinski definition) is 8. The lowest BCUT2D eigenvalue weighted by Gasteiger charge is -2.34. The third-order valence-corrected chi connectivity index (χ3v) is 5.19. The van der Waals surface area contributed by atoms with Gasteiger partial charge in [-0.15, -0.1) is 0 Å². The molecule has 4 rings (SSSR count). The summed E-state index contributed by atoms with van der Waals surface area (Å²) >= 11 is 0. The first-order valence-corrected chi connectivity index (χ1v) is 9.05. The van der Waals surface area contributed by atoms with Crippen molar-refractivity contribution in [3.63, 3.8) is 0 Å². The second-order valence-electron chi connectivity index (χ2n) is 6.80. The van der Waals surface area contributed by atoms with Crippen molar-refractivity contribution in [3.8, 4) is 0 Å². The highest BCUT2D eigenvalue weighted by molar-refractivity contribution is 5.72. The maximum absolute atomic E-state index is 11.9. The molecule has 3 aliphatic rings. The molecule has 0 aliphatic carbocycles. The Labute approximate surface area is 150 Å². The van der Waals surface area contributed by atoms with E-state index in [1.54, 1.807) is 17.7 Å². The third kappa shape index (κ3) is 3.10. The molecule has 9 heteroatoms. The number of aromatic nitrogens is 2. The molecule has 9 nitrogen and oxygen atoms in total. The van der Waals surface area contributed by atoms with Crippen molar-refractivity contribution in [2.24, 2.45) is 5.92 Å².